The summed E-state index contributed by atoms with van der Waals surface area (Å²) in [7, 11) is -1.61. The molecule has 1 aliphatic carbocycles. The first-order valence-corrected chi connectivity index (χ1v) is 8.59. The SMILES string of the molecule is CCC(C1=CC(S(C)(=O)=O)C=C(OC)C=C1)C(C)C. The molecular weight excluding hydrogens is 260 g/mol. The molecule has 0 aromatic heterocycles. The van der Waals surface area contributed by atoms with Crippen LogP contribution in [0, 0.1) is 11.8 Å². The van der Waals surface area contributed by atoms with Gasteiger partial charge in [-0.25, -0.2) is 8.42 Å². The molecule has 0 aromatic carbocycles. The molecule has 0 aromatic rings. The van der Waals surface area contributed by atoms with Gasteiger partial charge in [-0.1, -0.05) is 32.9 Å². The summed E-state index contributed by atoms with van der Waals surface area (Å²) in [6.07, 6.45) is 9.60. The van der Waals surface area contributed by atoms with Gasteiger partial charge < -0.3 is 4.74 Å². The van der Waals surface area contributed by atoms with E-state index in [1.165, 1.54) is 6.26 Å². The molecule has 4 heteroatoms. The van der Waals surface area contributed by atoms with Crippen molar-refractivity contribution < 1.29 is 13.2 Å². The Hall–Kier alpha value is -1.03. The summed E-state index contributed by atoms with van der Waals surface area (Å²) in [6.45, 7) is 6.45. The summed E-state index contributed by atoms with van der Waals surface area (Å²) in [6, 6.07) is 0. The first kappa shape index (κ1) is 16.0. The summed E-state index contributed by atoms with van der Waals surface area (Å²) < 4.78 is 28.9. The van der Waals surface area contributed by atoms with E-state index in [-0.39, 0.29) is 0 Å². The molecule has 0 heterocycles. The van der Waals surface area contributed by atoms with Crippen LogP contribution in [0.3, 0.4) is 0 Å². The monoisotopic (exact) mass is 284 g/mol. The lowest BCUT2D eigenvalue weighted by molar-refractivity contribution is 0.305. The number of rotatable bonds is 5. The van der Waals surface area contributed by atoms with E-state index in [0.717, 1.165) is 12.0 Å². The average Bonchev–Trinajstić information content (AvgIpc) is 2.51. The van der Waals surface area contributed by atoms with Crippen molar-refractivity contribution in [2.45, 2.75) is 32.4 Å². The molecule has 19 heavy (non-hydrogen) atoms. The number of methoxy groups -OCH3 is 1. The van der Waals surface area contributed by atoms with Gasteiger partial charge in [0.05, 0.1) is 7.11 Å². The molecule has 0 N–H and O–H groups in total. The van der Waals surface area contributed by atoms with Crippen LogP contribution in [0.5, 0.6) is 0 Å². The number of allylic oxidation sites excluding steroid dienone is 3. The number of ether oxygens (including phenoxy) is 1. The smallest absolute Gasteiger partial charge is 0.157 e. The molecule has 0 spiro atoms. The van der Waals surface area contributed by atoms with E-state index < -0.39 is 15.1 Å². The van der Waals surface area contributed by atoms with Crippen molar-refractivity contribution in [2.75, 3.05) is 13.4 Å². The quantitative estimate of drug-likeness (QED) is 0.779. The Balaban J connectivity index is 3.23. The Morgan fingerprint density at radius 3 is 2.32 bits per heavy atom. The van der Waals surface area contributed by atoms with Crippen molar-refractivity contribution in [1.82, 2.24) is 0 Å². The summed E-state index contributed by atoms with van der Waals surface area (Å²) >= 11 is 0. The highest BCUT2D eigenvalue weighted by atomic mass is 32.2. The predicted molar refractivity (Wildman–Crippen MR) is 79.6 cm³/mol. The Labute approximate surface area is 117 Å². The van der Waals surface area contributed by atoms with Gasteiger partial charge >= 0.3 is 0 Å². The largest absolute Gasteiger partial charge is 0.497 e. The topological polar surface area (TPSA) is 43.4 Å². The maximum absolute atomic E-state index is 11.9. The van der Waals surface area contributed by atoms with Crippen molar-refractivity contribution in [1.29, 1.82) is 0 Å². The summed E-state index contributed by atoms with van der Waals surface area (Å²) in [5, 5.41) is -0.611. The van der Waals surface area contributed by atoms with Crippen molar-refractivity contribution in [3.63, 3.8) is 0 Å². The van der Waals surface area contributed by atoms with Crippen molar-refractivity contribution in [3.8, 4) is 0 Å². The van der Waals surface area contributed by atoms with Gasteiger partial charge in [-0.15, -0.1) is 0 Å². The molecule has 108 valence electrons. The molecule has 0 aliphatic heterocycles. The normalized spacial score (nSPS) is 21.7. The molecule has 2 unspecified atom stereocenters. The van der Waals surface area contributed by atoms with Crippen LogP contribution in [0.4, 0.5) is 0 Å². The second-order valence-electron chi connectivity index (χ2n) is 5.33. The van der Waals surface area contributed by atoms with Crippen LogP contribution in [0.15, 0.2) is 35.6 Å². The fraction of sp³-hybridized carbons (Fsp3) is 0.600. The van der Waals surface area contributed by atoms with Crippen molar-refractivity contribution >= 4 is 9.84 Å². The zero-order valence-corrected chi connectivity index (χ0v) is 13.2. The lowest BCUT2D eigenvalue weighted by Gasteiger charge is -2.21. The first-order valence-electron chi connectivity index (χ1n) is 6.64. The van der Waals surface area contributed by atoms with Crippen LogP contribution in [-0.2, 0) is 14.6 Å². The maximum atomic E-state index is 11.9. The molecule has 1 rings (SSSR count). The first-order chi connectivity index (χ1) is 8.79. The van der Waals surface area contributed by atoms with Crippen molar-refractivity contribution in [2.24, 2.45) is 11.8 Å². The fourth-order valence-corrected chi connectivity index (χ4v) is 3.20. The highest BCUT2D eigenvalue weighted by molar-refractivity contribution is 7.91. The third-order valence-electron chi connectivity index (χ3n) is 3.53. The van der Waals surface area contributed by atoms with Gasteiger partial charge in [0, 0.05) is 6.26 Å². The van der Waals surface area contributed by atoms with Gasteiger partial charge in [0.15, 0.2) is 9.84 Å². The minimum atomic E-state index is -3.17. The third kappa shape index (κ3) is 4.23. The molecule has 3 nitrogen and oxygen atoms in total. The Bertz CT molecular complexity index is 495. The van der Waals surface area contributed by atoms with E-state index in [0.29, 0.717) is 17.6 Å². The van der Waals surface area contributed by atoms with Gasteiger partial charge in [0.2, 0.25) is 0 Å². The highest BCUT2D eigenvalue weighted by Gasteiger charge is 2.23. The number of sulfone groups is 1. The molecule has 0 radical (unpaired) electrons. The second-order valence-corrected chi connectivity index (χ2v) is 7.53. The van der Waals surface area contributed by atoms with Crippen LogP contribution < -0.4 is 0 Å². The molecule has 0 fully saturated rings. The van der Waals surface area contributed by atoms with Crippen LogP contribution in [0.2, 0.25) is 0 Å². The maximum Gasteiger partial charge on any atom is 0.157 e. The third-order valence-corrected chi connectivity index (χ3v) is 4.79. The van der Waals surface area contributed by atoms with Gasteiger partial charge in [0.25, 0.3) is 0 Å². The molecule has 0 saturated carbocycles. The number of hydrogen-bond donors (Lipinski definition) is 0. The van der Waals surface area contributed by atoms with Crippen LogP contribution >= 0.6 is 0 Å². The minimum absolute atomic E-state index is 0.366. The van der Waals surface area contributed by atoms with Crippen LogP contribution in [-0.4, -0.2) is 27.0 Å². The lowest BCUT2D eigenvalue weighted by atomic mass is 9.85. The summed E-state index contributed by atoms with van der Waals surface area (Å²) in [5.74, 6) is 1.44. The molecule has 2 atom stereocenters. The zero-order valence-electron chi connectivity index (χ0n) is 12.4. The average molecular weight is 284 g/mol. The van der Waals surface area contributed by atoms with Gasteiger partial charge in [-0.05, 0) is 36.0 Å². The van der Waals surface area contributed by atoms with E-state index in [1.54, 1.807) is 13.2 Å². The predicted octanol–water partition coefficient (Wildman–Crippen LogP) is 3.11. The van der Waals surface area contributed by atoms with E-state index in [2.05, 4.69) is 20.8 Å². The highest BCUT2D eigenvalue weighted by Crippen LogP contribution is 2.28. The van der Waals surface area contributed by atoms with E-state index in [4.69, 9.17) is 4.74 Å². The van der Waals surface area contributed by atoms with E-state index in [1.807, 2.05) is 18.2 Å². The van der Waals surface area contributed by atoms with Crippen LogP contribution in [0.1, 0.15) is 27.2 Å². The second kappa shape index (κ2) is 6.42. The van der Waals surface area contributed by atoms with Crippen LogP contribution in [0.25, 0.3) is 0 Å². The summed E-state index contributed by atoms with van der Waals surface area (Å²) in [4.78, 5) is 0. The fourth-order valence-electron chi connectivity index (χ4n) is 2.41. The van der Waals surface area contributed by atoms with Gasteiger partial charge in [0.1, 0.15) is 11.0 Å². The van der Waals surface area contributed by atoms with E-state index >= 15 is 0 Å². The summed E-state index contributed by atoms with van der Waals surface area (Å²) in [5.41, 5.74) is 1.08. The molecular formula is C15H24O3S. The Kier molecular flexibility index (Phi) is 5.41. The standard InChI is InChI=1S/C15H24O3S/c1-6-15(11(2)3)12-7-8-13(18-4)10-14(9-12)19(5,16)17/h7-11,14-15H,6H2,1-5H3. The Morgan fingerprint density at radius 1 is 1.26 bits per heavy atom. The molecule has 0 saturated heterocycles. The molecule has 0 amide bonds. The zero-order chi connectivity index (χ0) is 14.6. The number of hydrogen-bond acceptors (Lipinski definition) is 3. The Morgan fingerprint density at radius 2 is 1.89 bits per heavy atom. The molecule has 0 bridgehead atoms. The molecule has 1 aliphatic rings. The van der Waals surface area contributed by atoms with Gasteiger partial charge in [-0.2, -0.15) is 0 Å². The van der Waals surface area contributed by atoms with Gasteiger partial charge in [-0.3, -0.25) is 0 Å². The lowest BCUT2D eigenvalue weighted by Crippen LogP contribution is -2.18. The minimum Gasteiger partial charge on any atom is -0.497 e. The van der Waals surface area contributed by atoms with Crippen molar-refractivity contribution in [3.05, 3.63) is 35.6 Å². The van der Waals surface area contributed by atoms with E-state index in [9.17, 15) is 8.42 Å².